The average molecular weight is 399 g/mol. The molecule has 1 atom stereocenters. The molecule has 146 valence electrons. The lowest BCUT2D eigenvalue weighted by Crippen LogP contribution is -2.48. The second-order valence-electron chi connectivity index (χ2n) is 7.14. The maximum absolute atomic E-state index is 12.9. The number of hydrogen-bond acceptors (Lipinski definition) is 3. The molecule has 4 rings (SSSR count). The lowest BCUT2D eigenvalue weighted by atomic mass is 10.0. The summed E-state index contributed by atoms with van der Waals surface area (Å²) >= 11 is 6.37. The molecule has 0 aliphatic carbocycles. The number of carbonyl (C=O) groups excluding carboxylic acids is 1. The molecule has 0 spiro atoms. The van der Waals surface area contributed by atoms with Crippen LogP contribution in [-0.2, 0) is 11.2 Å². The summed E-state index contributed by atoms with van der Waals surface area (Å²) in [4.78, 5) is 31.7. The molecule has 28 heavy (non-hydrogen) atoms. The predicted molar refractivity (Wildman–Crippen MR) is 111 cm³/mol. The highest BCUT2D eigenvalue weighted by Gasteiger charge is 2.28. The second-order valence-corrected chi connectivity index (χ2v) is 7.55. The monoisotopic (exact) mass is 398 g/mol. The average Bonchev–Trinajstić information content (AvgIpc) is 3.07. The molecule has 0 radical (unpaired) electrons. The van der Waals surface area contributed by atoms with Gasteiger partial charge in [-0.15, -0.1) is 0 Å². The molecule has 6 nitrogen and oxygen atoms in total. The van der Waals surface area contributed by atoms with E-state index in [1.165, 1.54) is 0 Å². The van der Waals surface area contributed by atoms with Crippen molar-refractivity contribution in [2.24, 2.45) is 0 Å². The maximum Gasteiger partial charge on any atom is 0.323 e. The zero-order valence-electron chi connectivity index (χ0n) is 15.5. The fourth-order valence-electron chi connectivity index (χ4n) is 3.85. The molecule has 3 aromatic rings. The summed E-state index contributed by atoms with van der Waals surface area (Å²) < 4.78 is 0. The molecule has 1 aliphatic rings. The van der Waals surface area contributed by atoms with Gasteiger partial charge in [0, 0.05) is 31.1 Å². The van der Waals surface area contributed by atoms with Crippen LogP contribution in [0.4, 0.5) is 0 Å². The summed E-state index contributed by atoms with van der Waals surface area (Å²) in [6.07, 6.45) is 2.04. The summed E-state index contributed by atoms with van der Waals surface area (Å²) in [6, 6.07) is 13.6. The summed E-state index contributed by atoms with van der Waals surface area (Å²) in [6.45, 7) is 2.20. The number of rotatable bonds is 5. The molecule has 3 N–H and O–H groups in total. The van der Waals surface area contributed by atoms with Gasteiger partial charge in [0.05, 0.1) is 17.1 Å². The molecule has 2 heterocycles. The third kappa shape index (κ3) is 3.98. The first-order valence-corrected chi connectivity index (χ1v) is 9.95. The lowest BCUT2D eigenvalue weighted by molar-refractivity contribution is -0.134. The third-order valence-corrected chi connectivity index (χ3v) is 5.61. The van der Waals surface area contributed by atoms with Crippen molar-refractivity contribution in [3.63, 3.8) is 0 Å². The van der Waals surface area contributed by atoms with Gasteiger partial charge in [-0.1, -0.05) is 35.9 Å². The molecular formula is C21H23ClN4O2. The molecular weight excluding hydrogens is 376 g/mol. The number of H-pyrrole nitrogens is 2. The summed E-state index contributed by atoms with van der Waals surface area (Å²) in [5.74, 6) is 0.155. The Morgan fingerprint density at radius 3 is 2.82 bits per heavy atom. The number of aromatic amines is 2. The van der Waals surface area contributed by atoms with Crippen LogP contribution in [0.2, 0.25) is 5.02 Å². The van der Waals surface area contributed by atoms with Gasteiger partial charge in [0.1, 0.15) is 0 Å². The zero-order chi connectivity index (χ0) is 19.5. The Hall–Kier alpha value is -2.57. The number of carbonyl (C=O) groups is 1. The third-order valence-electron chi connectivity index (χ3n) is 5.26. The van der Waals surface area contributed by atoms with Crippen LogP contribution in [0, 0.1) is 0 Å². The van der Waals surface area contributed by atoms with E-state index in [9.17, 15) is 9.59 Å². The van der Waals surface area contributed by atoms with Crippen LogP contribution in [0.3, 0.4) is 0 Å². The fraction of sp³-hybridized carbons (Fsp3) is 0.333. The van der Waals surface area contributed by atoms with Crippen LogP contribution >= 0.6 is 11.6 Å². The van der Waals surface area contributed by atoms with E-state index in [4.69, 9.17) is 11.6 Å². The summed E-state index contributed by atoms with van der Waals surface area (Å²) in [7, 11) is 0. The van der Waals surface area contributed by atoms with Gasteiger partial charge in [0.2, 0.25) is 5.91 Å². The first-order chi connectivity index (χ1) is 13.6. The molecule has 7 heteroatoms. The highest BCUT2D eigenvalue weighted by molar-refractivity contribution is 6.31. The van der Waals surface area contributed by atoms with Crippen LogP contribution in [0.25, 0.3) is 11.0 Å². The van der Waals surface area contributed by atoms with E-state index < -0.39 is 0 Å². The number of piperazine rings is 1. The van der Waals surface area contributed by atoms with Crippen molar-refractivity contribution in [2.45, 2.75) is 25.3 Å². The molecule has 1 amide bonds. The Bertz CT molecular complexity index is 1040. The van der Waals surface area contributed by atoms with Gasteiger partial charge in [0.25, 0.3) is 0 Å². The first kappa shape index (κ1) is 18.8. The van der Waals surface area contributed by atoms with Gasteiger partial charge in [-0.25, -0.2) is 4.79 Å². The molecule has 2 aromatic carbocycles. The minimum Gasteiger partial charge on any atom is -0.333 e. The maximum atomic E-state index is 12.9. The van der Waals surface area contributed by atoms with Gasteiger partial charge in [0.15, 0.2) is 0 Å². The summed E-state index contributed by atoms with van der Waals surface area (Å²) in [5.41, 5.74) is 3.50. The van der Waals surface area contributed by atoms with E-state index in [0.29, 0.717) is 24.5 Å². The van der Waals surface area contributed by atoms with E-state index in [0.717, 1.165) is 41.5 Å². The number of fused-ring (bicyclic) bond motifs is 1. The normalized spacial score (nSPS) is 17.2. The Balaban J connectivity index is 1.40. The first-order valence-electron chi connectivity index (χ1n) is 9.57. The Morgan fingerprint density at radius 2 is 1.96 bits per heavy atom. The second kappa shape index (κ2) is 8.20. The van der Waals surface area contributed by atoms with E-state index in [1.54, 1.807) is 0 Å². The number of imidazole rings is 1. The van der Waals surface area contributed by atoms with E-state index in [-0.39, 0.29) is 17.6 Å². The molecule has 0 bridgehead atoms. The Morgan fingerprint density at radius 1 is 1.14 bits per heavy atom. The van der Waals surface area contributed by atoms with Crippen LogP contribution < -0.4 is 11.0 Å². The van der Waals surface area contributed by atoms with Crippen molar-refractivity contribution in [3.8, 4) is 0 Å². The molecule has 1 unspecified atom stereocenters. The molecule has 1 fully saturated rings. The van der Waals surface area contributed by atoms with Crippen molar-refractivity contribution < 1.29 is 4.79 Å². The number of hydrogen-bond donors (Lipinski definition) is 3. The van der Waals surface area contributed by atoms with Gasteiger partial charge in [-0.2, -0.15) is 0 Å². The quantitative estimate of drug-likeness (QED) is 0.618. The van der Waals surface area contributed by atoms with Crippen LogP contribution in [0.15, 0.2) is 47.3 Å². The highest BCUT2D eigenvalue weighted by atomic mass is 35.5. The highest BCUT2D eigenvalue weighted by Crippen LogP contribution is 2.29. The lowest BCUT2D eigenvalue weighted by Gasteiger charge is -2.37. The van der Waals surface area contributed by atoms with Gasteiger partial charge in [-0.05, 0) is 42.2 Å². The van der Waals surface area contributed by atoms with Crippen LogP contribution in [-0.4, -0.2) is 40.4 Å². The number of amides is 1. The van der Waals surface area contributed by atoms with Gasteiger partial charge < -0.3 is 20.2 Å². The van der Waals surface area contributed by atoms with E-state index in [2.05, 4.69) is 15.3 Å². The van der Waals surface area contributed by atoms with Gasteiger partial charge >= 0.3 is 5.69 Å². The van der Waals surface area contributed by atoms with E-state index in [1.807, 2.05) is 47.4 Å². The topological polar surface area (TPSA) is 81.0 Å². The van der Waals surface area contributed by atoms with Crippen molar-refractivity contribution in [1.82, 2.24) is 20.2 Å². The number of aromatic nitrogens is 2. The Kier molecular flexibility index (Phi) is 5.50. The Labute approximate surface area is 167 Å². The largest absolute Gasteiger partial charge is 0.333 e. The van der Waals surface area contributed by atoms with Crippen molar-refractivity contribution in [2.75, 3.05) is 19.6 Å². The molecule has 1 saturated heterocycles. The fourth-order valence-corrected chi connectivity index (χ4v) is 4.11. The number of nitrogens with one attached hydrogen (secondary N) is 3. The van der Waals surface area contributed by atoms with Crippen LogP contribution in [0.1, 0.15) is 30.0 Å². The zero-order valence-corrected chi connectivity index (χ0v) is 16.3. The summed E-state index contributed by atoms with van der Waals surface area (Å²) in [5, 5.41) is 4.06. The predicted octanol–water partition coefficient (Wildman–Crippen LogP) is 3.01. The van der Waals surface area contributed by atoms with Crippen LogP contribution in [0.5, 0.6) is 0 Å². The van der Waals surface area contributed by atoms with Gasteiger partial charge in [-0.3, -0.25) is 4.79 Å². The SMILES string of the molecule is O=C(CCCc1ccc2[nH]c(=O)[nH]c2c1)N1CCNCC1c1ccccc1Cl. The molecule has 1 aromatic heterocycles. The molecule has 1 aliphatic heterocycles. The number of halogens is 1. The van der Waals surface area contributed by atoms with Crippen molar-refractivity contribution in [3.05, 3.63) is 69.1 Å². The van der Waals surface area contributed by atoms with Crippen molar-refractivity contribution in [1.29, 1.82) is 0 Å². The van der Waals surface area contributed by atoms with E-state index >= 15 is 0 Å². The number of benzene rings is 2. The minimum atomic E-state index is -0.202. The van der Waals surface area contributed by atoms with Crippen molar-refractivity contribution >= 4 is 28.5 Å². The molecule has 0 saturated carbocycles. The standard InChI is InChI=1S/C21H23ClN4O2/c22-16-6-2-1-5-15(16)19-13-23-10-11-26(19)20(27)7-3-4-14-8-9-17-18(12-14)25-21(28)24-17/h1-2,5-6,8-9,12,19,23H,3-4,7,10-11,13H2,(H2,24,25,28). The number of nitrogens with zero attached hydrogens (tertiary/aromatic N) is 1. The number of aryl methyl sites for hydroxylation is 1. The smallest absolute Gasteiger partial charge is 0.323 e. The minimum absolute atomic E-state index is 0.0313.